The summed E-state index contributed by atoms with van der Waals surface area (Å²) in [5.41, 5.74) is 1.32. The first kappa shape index (κ1) is 22.7. The summed E-state index contributed by atoms with van der Waals surface area (Å²) >= 11 is 2.83. The van der Waals surface area contributed by atoms with Crippen molar-refractivity contribution < 1.29 is 27.8 Å². The smallest absolute Gasteiger partial charge is 0.233 e. The fourth-order valence-corrected chi connectivity index (χ4v) is 6.25. The lowest BCUT2D eigenvalue weighted by Crippen LogP contribution is -2.39. The third-order valence-electron chi connectivity index (χ3n) is 5.44. The molecule has 0 aliphatic carbocycles. The van der Waals surface area contributed by atoms with Gasteiger partial charge in [-0.25, -0.2) is 8.78 Å². The predicted octanol–water partition coefficient (Wildman–Crippen LogP) is 3.83. The van der Waals surface area contributed by atoms with Gasteiger partial charge in [-0.3, -0.25) is 9.59 Å². The van der Waals surface area contributed by atoms with E-state index in [0.29, 0.717) is 24.2 Å². The van der Waals surface area contributed by atoms with E-state index >= 15 is 0 Å². The van der Waals surface area contributed by atoms with Crippen LogP contribution in [0.2, 0.25) is 0 Å². The normalized spacial score (nSPS) is 20.9. The summed E-state index contributed by atoms with van der Waals surface area (Å²) in [6, 6.07) is 9.32. The average Bonchev–Trinajstić information content (AvgIpc) is 3.34. The van der Waals surface area contributed by atoms with Gasteiger partial charge in [-0.1, -0.05) is 12.1 Å². The van der Waals surface area contributed by atoms with Gasteiger partial charge in [0.1, 0.15) is 10.7 Å². The van der Waals surface area contributed by atoms with Crippen LogP contribution in [-0.2, 0) is 9.59 Å². The van der Waals surface area contributed by atoms with Crippen LogP contribution in [0.4, 0.5) is 8.78 Å². The average molecular weight is 481 g/mol. The summed E-state index contributed by atoms with van der Waals surface area (Å²) in [6.07, 6.45) is 0. The molecule has 0 spiro atoms. The van der Waals surface area contributed by atoms with E-state index in [9.17, 15) is 18.4 Å². The first-order valence-corrected chi connectivity index (χ1v) is 12.0. The summed E-state index contributed by atoms with van der Waals surface area (Å²) in [5, 5.41) is -0.685. The third kappa shape index (κ3) is 4.38. The molecule has 2 fully saturated rings. The molecular formula is C22H22F2N2O4S2. The van der Waals surface area contributed by atoms with E-state index < -0.39 is 11.6 Å². The maximum atomic E-state index is 14.2. The van der Waals surface area contributed by atoms with Crippen molar-refractivity contribution in [2.75, 3.05) is 38.8 Å². The highest BCUT2D eigenvalue weighted by molar-refractivity contribution is 8.00. The van der Waals surface area contributed by atoms with E-state index in [4.69, 9.17) is 9.47 Å². The van der Waals surface area contributed by atoms with Crippen molar-refractivity contribution in [3.8, 4) is 11.5 Å². The first-order chi connectivity index (χ1) is 15.4. The number of hydrogen-bond acceptors (Lipinski definition) is 6. The quantitative estimate of drug-likeness (QED) is 0.601. The van der Waals surface area contributed by atoms with Gasteiger partial charge in [0.15, 0.2) is 23.1 Å². The van der Waals surface area contributed by atoms with Crippen molar-refractivity contribution in [1.82, 2.24) is 9.80 Å². The molecular weight excluding hydrogens is 458 g/mol. The second-order valence-corrected chi connectivity index (χ2v) is 9.43. The van der Waals surface area contributed by atoms with Crippen molar-refractivity contribution >= 4 is 35.3 Å². The fourth-order valence-electron chi connectivity index (χ4n) is 3.83. The zero-order valence-electron chi connectivity index (χ0n) is 17.5. The molecule has 2 amide bonds. The lowest BCUT2D eigenvalue weighted by molar-refractivity contribution is -0.132. The van der Waals surface area contributed by atoms with Crippen LogP contribution in [0.15, 0.2) is 36.4 Å². The molecule has 32 heavy (non-hydrogen) atoms. The van der Waals surface area contributed by atoms with Gasteiger partial charge in [-0.2, -0.15) is 0 Å². The molecule has 4 rings (SSSR count). The number of ether oxygens (including phenoxy) is 2. The Bertz CT molecular complexity index is 957. The highest BCUT2D eigenvalue weighted by Crippen LogP contribution is 2.42. The molecule has 2 saturated heterocycles. The topological polar surface area (TPSA) is 59.1 Å². The number of benzene rings is 2. The monoisotopic (exact) mass is 480 g/mol. The third-order valence-corrected chi connectivity index (χ3v) is 7.95. The SMILES string of the molecule is COc1ccc([C@@H]2SCC(=O)N2CCN2C(=O)CS[C@H]2c2ccc(OC)c(F)c2)cc1F. The molecule has 2 aromatic rings. The Labute approximate surface area is 193 Å². The van der Waals surface area contributed by atoms with E-state index in [1.165, 1.54) is 49.9 Å². The number of carbonyl (C=O) groups is 2. The number of carbonyl (C=O) groups excluding carboxylic acids is 2. The molecule has 0 unspecified atom stereocenters. The van der Waals surface area contributed by atoms with Crippen LogP contribution in [0, 0.1) is 11.6 Å². The van der Waals surface area contributed by atoms with Gasteiger partial charge in [0.25, 0.3) is 0 Å². The summed E-state index contributed by atoms with van der Waals surface area (Å²) in [7, 11) is 2.79. The maximum Gasteiger partial charge on any atom is 0.233 e. The van der Waals surface area contributed by atoms with Crippen LogP contribution in [-0.4, -0.2) is 60.4 Å². The largest absolute Gasteiger partial charge is 0.494 e. The molecule has 170 valence electrons. The molecule has 2 aliphatic rings. The molecule has 2 heterocycles. The second-order valence-electron chi connectivity index (χ2n) is 7.29. The zero-order chi connectivity index (χ0) is 22.8. The van der Waals surface area contributed by atoms with Crippen molar-refractivity contribution in [1.29, 1.82) is 0 Å². The van der Waals surface area contributed by atoms with E-state index in [2.05, 4.69) is 0 Å². The van der Waals surface area contributed by atoms with Crippen LogP contribution in [0.1, 0.15) is 21.9 Å². The summed E-state index contributed by atoms with van der Waals surface area (Å²) in [6.45, 7) is 0.594. The molecule has 0 bridgehead atoms. The number of nitrogens with zero attached hydrogens (tertiary/aromatic N) is 2. The van der Waals surface area contributed by atoms with E-state index in [-0.39, 0.29) is 45.6 Å². The van der Waals surface area contributed by atoms with Crippen LogP contribution in [0.3, 0.4) is 0 Å². The fraction of sp³-hybridized carbons (Fsp3) is 0.364. The Morgan fingerprint density at radius 1 is 0.812 bits per heavy atom. The zero-order valence-corrected chi connectivity index (χ0v) is 19.2. The van der Waals surface area contributed by atoms with Gasteiger partial charge in [0.05, 0.1) is 25.7 Å². The van der Waals surface area contributed by atoms with Gasteiger partial charge in [0.2, 0.25) is 11.8 Å². The number of amides is 2. The molecule has 2 aliphatic heterocycles. The van der Waals surface area contributed by atoms with Gasteiger partial charge >= 0.3 is 0 Å². The van der Waals surface area contributed by atoms with Crippen molar-refractivity contribution in [3.05, 3.63) is 59.2 Å². The summed E-state index contributed by atoms with van der Waals surface area (Å²) < 4.78 is 38.3. The van der Waals surface area contributed by atoms with Gasteiger partial charge < -0.3 is 19.3 Å². The molecule has 0 aromatic heterocycles. The number of halogens is 2. The van der Waals surface area contributed by atoms with Crippen LogP contribution < -0.4 is 9.47 Å². The Hall–Kier alpha value is -2.46. The standard InChI is InChI=1S/C22H22F2N2O4S2/c1-29-17-5-3-13(9-15(17)23)21-25(19(27)11-31-21)7-8-26-20(28)12-32-22(26)14-4-6-18(30-2)16(24)10-14/h3-6,9-10,21-22H,7-8,11-12H2,1-2H3/t21-,22-/m0/s1. The van der Waals surface area contributed by atoms with Gasteiger partial charge in [-0.15, -0.1) is 23.5 Å². The maximum absolute atomic E-state index is 14.2. The lowest BCUT2D eigenvalue weighted by atomic mass is 10.1. The Morgan fingerprint density at radius 3 is 1.56 bits per heavy atom. The minimum Gasteiger partial charge on any atom is -0.494 e. The molecule has 0 N–H and O–H groups in total. The van der Waals surface area contributed by atoms with Crippen LogP contribution in [0.5, 0.6) is 11.5 Å². The highest BCUT2D eigenvalue weighted by atomic mass is 32.2. The van der Waals surface area contributed by atoms with E-state index in [0.717, 1.165) is 0 Å². The molecule has 0 saturated carbocycles. The number of methoxy groups -OCH3 is 2. The van der Waals surface area contributed by atoms with E-state index in [1.54, 1.807) is 34.1 Å². The first-order valence-electron chi connectivity index (χ1n) is 9.92. The number of rotatable bonds is 7. The van der Waals surface area contributed by atoms with Gasteiger partial charge in [-0.05, 0) is 35.4 Å². The molecule has 6 nitrogen and oxygen atoms in total. The summed E-state index contributed by atoms with van der Waals surface area (Å²) in [5.74, 6) is -0.254. The minimum atomic E-state index is -0.488. The Balaban J connectivity index is 1.50. The minimum absolute atomic E-state index is 0.0671. The highest BCUT2D eigenvalue weighted by Gasteiger charge is 2.37. The molecule has 10 heteroatoms. The van der Waals surface area contributed by atoms with Crippen LogP contribution in [0.25, 0.3) is 0 Å². The molecule has 2 aromatic carbocycles. The van der Waals surface area contributed by atoms with E-state index in [1.807, 2.05) is 0 Å². The van der Waals surface area contributed by atoms with Crippen LogP contribution >= 0.6 is 23.5 Å². The molecule has 2 atom stereocenters. The number of thioether (sulfide) groups is 2. The molecule has 0 radical (unpaired) electrons. The summed E-state index contributed by atoms with van der Waals surface area (Å²) in [4.78, 5) is 28.4. The van der Waals surface area contributed by atoms with Crippen molar-refractivity contribution in [2.24, 2.45) is 0 Å². The number of hydrogen-bond donors (Lipinski definition) is 0. The second kappa shape index (κ2) is 9.58. The Morgan fingerprint density at radius 2 is 1.22 bits per heavy atom. The Kier molecular flexibility index (Phi) is 6.80. The predicted molar refractivity (Wildman–Crippen MR) is 120 cm³/mol. The van der Waals surface area contributed by atoms with Crippen molar-refractivity contribution in [3.63, 3.8) is 0 Å². The van der Waals surface area contributed by atoms with Gasteiger partial charge in [0, 0.05) is 13.1 Å². The lowest BCUT2D eigenvalue weighted by Gasteiger charge is -2.29. The van der Waals surface area contributed by atoms with Crippen molar-refractivity contribution in [2.45, 2.75) is 10.7 Å².